The van der Waals surface area contributed by atoms with Crippen LogP contribution in [-0.4, -0.2) is 72.4 Å². The van der Waals surface area contributed by atoms with Crippen LogP contribution in [0.5, 0.6) is 0 Å². The molecule has 5 rings (SSSR count). The molecule has 3 heterocycles. The molecule has 9 heteroatoms. The van der Waals surface area contributed by atoms with Gasteiger partial charge in [-0.3, -0.25) is 14.4 Å². The van der Waals surface area contributed by atoms with E-state index >= 15 is 0 Å². The number of aromatic nitrogens is 2. The van der Waals surface area contributed by atoms with Crippen molar-refractivity contribution in [1.29, 1.82) is 0 Å². The van der Waals surface area contributed by atoms with E-state index in [2.05, 4.69) is 29.1 Å². The maximum absolute atomic E-state index is 14.0. The van der Waals surface area contributed by atoms with Crippen LogP contribution in [0.15, 0.2) is 65.6 Å². The van der Waals surface area contributed by atoms with Gasteiger partial charge in [0.05, 0.1) is 30.1 Å². The van der Waals surface area contributed by atoms with E-state index in [-0.39, 0.29) is 23.4 Å². The molecule has 0 radical (unpaired) electrons. The van der Waals surface area contributed by atoms with E-state index in [9.17, 15) is 14.4 Å². The molecule has 2 fully saturated rings. The van der Waals surface area contributed by atoms with Crippen molar-refractivity contribution in [1.82, 2.24) is 14.7 Å². The molecule has 216 valence electrons. The third-order valence-electron chi connectivity index (χ3n) is 8.13. The second-order valence-corrected chi connectivity index (χ2v) is 10.8. The largest absolute Gasteiger partial charge is 0.466 e. The van der Waals surface area contributed by atoms with Crippen LogP contribution in [0, 0.1) is 12.8 Å². The number of carbonyl (C=O) groups excluding carboxylic acids is 2. The Morgan fingerprint density at radius 2 is 1.68 bits per heavy atom. The standard InChI is InChI=1S/C32H39N5O4/c1-3-41-32(40)26-12-9-17-36(23-26)30-28(22-33-37(31(30)39)27-13-5-4-6-14-27)34-18-20-35(21-19-34)29(38)16-15-25-11-8-7-10-24(25)2/h4-8,10-11,13-14,22,26H,3,9,12,15-21,23H2,1-2H3. The average molecular weight is 558 g/mol. The Labute approximate surface area is 241 Å². The van der Waals surface area contributed by atoms with Crippen LogP contribution in [0.25, 0.3) is 5.69 Å². The zero-order valence-corrected chi connectivity index (χ0v) is 24.0. The smallest absolute Gasteiger partial charge is 0.310 e. The number of nitrogens with zero attached hydrogens (tertiary/aromatic N) is 5. The second kappa shape index (κ2) is 13.0. The van der Waals surface area contributed by atoms with E-state index in [4.69, 9.17) is 4.74 Å². The van der Waals surface area contributed by atoms with E-state index in [1.165, 1.54) is 15.8 Å². The summed E-state index contributed by atoms with van der Waals surface area (Å²) in [6.45, 7) is 7.70. The molecule has 41 heavy (non-hydrogen) atoms. The first-order valence-electron chi connectivity index (χ1n) is 14.6. The van der Waals surface area contributed by atoms with Crippen molar-refractivity contribution in [2.24, 2.45) is 5.92 Å². The number of hydrogen-bond acceptors (Lipinski definition) is 7. The minimum absolute atomic E-state index is 0.152. The number of ether oxygens (including phenoxy) is 1. The Bertz CT molecular complexity index is 1420. The van der Waals surface area contributed by atoms with Crippen LogP contribution in [0.2, 0.25) is 0 Å². The molecule has 2 aromatic carbocycles. The van der Waals surface area contributed by atoms with Crippen molar-refractivity contribution in [2.45, 2.75) is 39.5 Å². The molecule has 0 spiro atoms. The fourth-order valence-electron chi connectivity index (χ4n) is 5.84. The van der Waals surface area contributed by atoms with Gasteiger partial charge in [0.2, 0.25) is 5.91 Å². The summed E-state index contributed by atoms with van der Waals surface area (Å²) in [6, 6.07) is 17.6. The van der Waals surface area contributed by atoms with Crippen LogP contribution in [0.1, 0.15) is 37.3 Å². The maximum Gasteiger partial charge on any atom is 0.310 e. The minimum atomic E-state index is -0.281. The van der Waals surface area contributed by atoms with Crippen LogP contribution in [0.3, 0.4) is 0 Å². The van der Waals surface area contributed by atoms with Gasteiger partial charge in [0, 0.05) is 45.7 Å². The molecule has 9 nitrogen and oxygen atoms in total. The van der Waals surface area contributed by atoms with E-state index in [0.29, 0.717) is 63.7 Å². The Hall–Kier alpha value is -4.14. The molecule has 0 bridgehead atoms. The summed E-state index contributed by atoms with van der Waals surface area (Å²) in [5.74, 6) is -0.343. The Morgan fingerprint density at radius 3 is 2.41 bits per heavy atom. The fraction of sp³-hybridized carbons (Fsp3) is 0.438. The number of piperazine rings is 1. The normalized spacial score (nSPS) is 17.4. The molecule has 3 aromatic rings. The monoisotopic (exact) mass is 557 g/mol. The topological polar surface area (TPSA) is 88.0 Å². The highest BCUT2D eigenvalue weighted by Crippen LogP contribution is 2.31. The number of amides is 1. The minimum Gasteiger partial charge on any atom is -0.466 e. The highest BCUT2D eigenvalue weighted by atomic mass is 16.5. The van der Waals surface area contributed by atoms with Gasteiger partial charge in [-0.2, -0.15) is 9.78 Å². The number of hydrogen-bond donors (Lipinski definition) is 0. The molecule has 1 amide bonds. The lowest BCUT2D eigenvalue weighted by Gasteiger charge is -2.39. The number of benzene rings is 2. The predicted octanol–water partition coefficient (Wildman–Crippen LogP) is 3.60. The van der Waals surface area contributed by atoms with Gasteiger partial charge in [0.1, 0.15) is 5.69 Å². The van der Waals surface area contributed by atoms with Gasteiger partial charge in [-0.15, -0.1) is 0 Å². The predicted molar refractivity (Wildman–Crippen MR) is 160 cm³/mol. The summed E-state index contributed by atoms with van der Waals surface area (Å²) < 4.78 is 6.74. The van der Waals surface area contributed by atoms with Crippen LogP contribution < -0.4 is 15.4 Å². The molecule has 2 saturated heterocycles. The average Bonchev–Trinajstić information content (AvgIpc) is 3.01. The lowest BCUT2D eigenvalue weighted by Crippen LogP contribution is -2.50. The summed E-state index contributed by atoms with van der Waals surface area (Å²) in [7, 11) is 0. The third-order valence-corrected chi connectivity index (χ3v) is 8.13. The first kappa shape index (κ1) is 28.4. The van der Waals surface area contributed by atoms with Crippen molar-refractivity contribution in [3.05, 3.63) is 82.3 Å². The molecule has 2 aliphatic rings. The zero-order chi connectivity index (χ0) is 28.8. The number of piperidine rings is 1. The fourth-order valence-corrected chi connectivity index (χ4v) is 5.84. The quantitative estimate of drug-likeness (QED) is 0.391. The lowest BCUT2D eigenvalue weighted by molar-refractivity contribution is -0.148. The highest BCUT2D eigenvalue weighted by Gasteiger charge is 2.32. The van der Waals surface area contributed by atoms with E-state index in [1.807, 2.05) is 59.2 Å². The van der Waals surface area contributed by atoms with Crippen molar-refractivity contribution < 1.29 is 14.3 Å². The van der Waals surface area contributed by atoms with Gasteiger partial charge >= 0.3 is 5.97 Å². The molecule has 0 aliphatic carbocycles. The third kappa shape index (κ3) is 6.45. The van der Waals surface area contributed by atoms with Gasteiger partial charge in [-0.1, -0.05) is 42.5 Å². The summed E-state index contributed by atoms with van der Waals surface area (Å²) in [6.07, 6.45) is 4.50. The zero-order valence-electron chi connectivity index (χ0n) is 24.0. The molecule has 1 aromatic heterocycles. The molecule has 1 atom stereocenters. The first-order valence-corrected chi connectivity index (χ1v) is 14.6. The number of esters is 1. The Morgan fingerprint density at radius 1 is 0.951 bits per heavy atom. The number of carbonyl (C=O) groups is 2. The van der Waals surface area contributed by atoms with Crippen molar-refractivity contribution in [2.75, 3.05) is 55.7 Å². The highest BCUT2D eigenvalue weighted by molar-refractivity contribution is 5.78. The van der Waals surface area contributed by atoms with Gasteiger partial charge in [0.25, 0.3) is 5.56 Å². The lowest BCUT2D eigenvalue weighted by atomic mass is 9.97. The van der Waals surface area contributed by atoms with Crippen molar-refractivity contribution in [3.63, 3.8) is 0 Å². The number of para-hydroxylation sites is 1. The van der Waals surface area contributed by atoms with Crippen molar-refractivity contribution in [3.8, 4) is 5.69 Å². The molecule has 0 N–H and O–H groups in total. The maximum atomic E-state index is 14.0. The summed E-state index contributed by atoms with van der Waals surface area (Å²) in [4.78, 5) is 45.8. The SMILES string of the molecule is CCOC(=O)C1CCCN(c2c(N3CCN(C(=O)CCc4ccccc4C)CC3)cnn(-c3ccccc3)c2=O)C1. The van der Waals surface area contributed by atoms with Crippen LogP contribution in [0.4, 0.5) is 11.4 Å². The van der Waals surface area contributed by atoms with Crippen LogP contribution in [-0.2, 0) is 20.7 Å². The van der Waals surface area contributed by atoms with E-state index < -0.39 is 0 Å². The number of rotatable bonds is 8. The second-order valence-electron chi connectivity index (χ2n) is 10.8. The molecule has 0 saturated carbocycles. The first-order chi connectivity index (χ1) is 20.0. The molecular formula is C32H39N5O4. The summed E-state index contributed by atoms with van der Waals surface area (Å²) >= 11 is 0. The number of aryl methyl sites for hydroxylation is 2. The Kier molecular flexibility index (Phi) is 9.01. The molecule has 2 aliphatic heterocycles. The van der Waals surface area contributed by atoms with Crippen molar-refractivity contribution >= 4 is 23.3 Å². The van der Waals surface area contributed by atoms with E-state index in [1.54, 1.807) is 6.20 Å². The molecule has 1 unspecified atom stereocenters. The molecular weight excluding hydrogens is 518 g/mol. The summed E-state index contributed by atoms with van der Waals surface area (Å²) in [5, 5.41) is 4.55. The number of anilines is 2. The van der Waals surface area contributed by atoms with Gasteiger partial charge in [-0.05, 0) is 56.4 Å². The van der Waals surface area contributed by atoms with Gasteiger partial charge in [-0.25, -0.2) is 0 Å². The van der Waals surface area contributed by atoms with Gasteiger partial charge in [0.15, 0.2) is 0 Å². The summed E-state index contributed by atoms with van der Waals surface area (Å²) in [5.41, 5.74) is 4.19. The Balaban J connectivity index is 1.35. The van der Waals surface area contributed by atoms with Crippen LogP contribution >= 0.6 is 0 Å². The van der Waals surface area contributed by atoms with Gasteiger partial charge < -0.3 is 19.4 Å². The van der Waals surface area contributed by atoms with E-state index in [0.717, 1.165) is 24.9 Å².